The molecule has 0 aromatic carbocycles. The SMILES string of the molecule is CCCCCCOC(=O)C[N+](C)(C)CCOC1CC2CCC1(C)C2(C)C.[Cl-]. The average Bonchev–Trinajstić information content (AvgIpc) is 2.87. The van der Waals surface area contributed by atoms with E-state index in [9.17, 15) is 4.79 Å². The van der Waals surface area contributed by atoms with E-state index in [1.165, 1.54) is 32.1 Å². The zero-order chi connectivity index (χ0) is 19.4. The molecule has 160 valence electrons. The number of carbonyl (C=O) groups excluding carboxylic acids is 1. The van der Waals surface area contributed by atoms with Crippen molar-refractivity contribution in [3.63, 3.8) is 0 Å². The van der Waals surface area contributed by atoms with Crippen molar-refractivity contribution in [1.82, 2.24) is 0 Å². The fraction of sp³-hybridized carbons (Fsp3) is 0.955. The van der Waals surface area contributed by atoms with Crippen LogP contribution in [-0.4, -0.2) is 57.0 Å². The molecule has 4 nitrogen and oxygen atoms in total. The van der Waals surface area contributed by atoms with Crippen molar-refractivity contribution in [3.8, 4) is 0 Å². The number of rotatable bonds is 11. The molecule has 0 N–H and O–H groups in total. The molecule has 2 rings (SSSR count). The minimum Gasteiger partial charge on any atom is -1.00 e. The van der Waals surface area contributed by atoms with E-state index in [0.29, 0.717) is 34.6 Å². The Morgan fingerprint density at radius 3 is 2.37 bits per heavy atom. The van der Waals surface area contributed by atoms with Crippen LogP contribution < -0.4 is 12.4 Å². The predicted molar refractivity (Wildman–Crippen MR) is 106 cm³/mol. The van der Waals surface area contributed by atoms with Crippen molar-refractivity contribution in [2.75, 3.05) is 40.4 Å². The number of nitrogens with zero attached hydrogens (tertiary/aromatic N) is 1. The summed E-state index contributed by atoms with van der Waals surface area (Å²) in [6, 6.07) is 0. The molecule has 0 aromatic heterocycles. The quantitative estimate of drug-likeness (QED) is 0.297. The number of ether oxygens (including phenoxy) is 2. The van der Waals surface area contributed by atoms with Gasteiger partial charge in [-0.15, -0.1) is 0 Å². The molecule has 0 spiro atoms. The van der Waals surface area contributed by atoms with E-state index in [2.05, 4.69) is 41.8 Å². The smallest absolute Gasteiger partial charge is 0.361 e. The highest BCUT2D eigenvalue weighted by Gasteiger charge is 2.61. The van der Waals surface area contributed by atoms with E-state index in [-0.39, 0.29) is 18.4 Å². The van der Waals surface area contributed by atoms with Crippen molar-refractivity contribution in [2.24, 2.45) is 16.7 Å². The number of hydrogen-bond acceptors (Lipinski definition) is 3. The lowest BCUT2D eigenvalue weighted by atomic mass is 9.70. The van der Waals surface area contributed by atoms with Crippen molar-refractivity contribution in [2.45, 2.75) is 78.7 Å². The highest BCUT2D eigenvalue weighted by atomic mass is 35.5. The van der Waals surface area contributed by atoms with Gasteiger partial charge in [0.1, 0.15) is 6.54 Å². The summed E-state index contributed by atoms with van der Waals surface area (Å²) >= 11 is 0. The number of likely N-dealkylation sites (N-methyl/N-ethyl adjacent to an activating group) is 1. The van der Waals surface area contributed by atoms with Crippen LogP contribution >= 0.6 is 0 Å². The maximum absolute atomic E-state index is 12.1. The average molecular weight is 404 g/mol. The molecular formula is C22H42ClNO3. The van der Waals surface area contributed by atoms with Crippen molar-refractivity contribution in [1.29, 1.82) is 0 Å². The number of halogens is 1. The molecular weight excluding hydrogens is 362 g/mol. The summed E-state index contributed by atoms with van der Waals surface area (Å²) in [7, 11) is 4.18. The van der Waals surface area contributed by atoms with E-state index >= 15 is 0 Å². The summed E-state index contributed by atoms with van der Waals surface area (Å²) in [5, 5.41) is 0. The lowest BCUT2D eigenvalue weighted by Gasteiger charge is -2.39. The lowest BCUT2D eigenvalue weighted by Crippen LogP contribution is -3.00. The third-order valence-electron chi connectivity index (χ3n) is 7.55. The maximum atomic E-state index is 12.1. The number of carbonyl (C=O) groups is 1. The molecule has 27 heavy (non-hydrogen) atoms. The van der Waals surface area contributed by atoms with Crippen molar-refractivity contribution < 1.29 is 31.2 Å². The number of fused-ring (bicyclic) bond motifs is 2. The van der Waals surface area contributed by atoms with Crippen LogP contribution in [0.5, 0.6) is 0 Å². The Labute approximate surface area is 173 Å². The molecule has 0 aromatic rings. The van der Waals surface area contributed by atoms with Crippen LogP contribution in [0, 0.1) is 16.7 Å². The molecule has 0 amide bonds. The standard InChI is InChI=1S/C22H42NO3.ClH/c1-7-8-9-10-14-26-20(24)17-23(5,6)13-15-25-19-16-18-11-12-22(19,4)21(18,2)3;/h18-19H,7-17H2,1-6H3;1H/q+1;/p-1. The minimum absolute atomic E-state index is 0. The van der Waals surface area contributed by atoms with E-state index in [4.69, 9.17) is 9.47 Å². The number of quaternary nitrogens is 1. The predicted octanol–water partition coefficient (Wildman–Crippen LogP) is 1.42. The molecule has 3 unspecified atom stereocenters. The van der Waals surface area contributed by atoms with Crippen molar-refractivity contribution in [3.05, 3.63) is 0 Å². The molecule has 5 heteroatoms. The van der Waals surface area contributed by atoms with Crippen LogP contribution in [0.1, 0.15) is 72.6 Å². The van der Waals surface area contributed by atoms with Crippen LogP contribution in [0.25, 0.3) is 0 Å². The van der Waals surface area contributed by atoms with Gasteiger partial charge in [-0.2, -0.15) is 0 Å². The Hall–Kier alpha value is -0.320. The van der Waals surface area contributed by atoms with E-state index in [0.717, 1.165) is 31.9 Å². The van der Waals surface area contributed by atoms with Gasteiger partial charge in [-0.3, -0.25) is 0 Å². The van der Waals surface area contributed by atoms with Gasteiger partial charge in [0.05, 0.1) is 33.4 Å². The monoisotopic (exact) mass is 403 g/mol. The number of esters is 1. The first-order chi connectivity index (χ1) is 12.1. The molecule has 0 saturated heterocycles. The van der Waals surface area contributed by atoms with Crippen LogP contribution in [0.2, 0.25) is 0 Å². The van der Waals surface area contributed by atoms with Gasteiger partial charge in [-0.05, 0) is 42.4 Å². The summed E-state index contributed by atoms with van der Waals surface area (Å²) in [6.07, 6.45) is 8.77. The second-order valence-electron chi connectivity index (χ2n) is 10.1. The van der Waals surface area contributed by atoms with Crippen LogP contribution in [0.3, 0.4) is 0 Å². The zero-order valence-corrected chi connectivity index (χ0v) is 19.2. The fourth-order valence-corrected chi connectivity index (χ4v) is 5.01. The van der Waals surface area contributed by atoms with Crippen LogP contribution in [0.15, 0.2) is 0 Å². The van der Waals surface area contributed by atoms with Gasteiger partial charge in [-0.25, -0.2) is 4.79 Å². The molecule has 2 aliphatic carbocycles. The Balaban J connectivity index is 0.00000364. The lowest BCUT2D eigenvalue weighted by molar-refractivity contribution is -0.883. The molecule has 0 heterocycles. The highest BCUT2D eigenvalue weighted by molar-refractivity contribution is 5.70. The van der Waals surface area contributed by atoms with Gasteiger partial charge in [-0.1, -0.05) is 47.0 Å². The third kappa shape index (κ3) is 5.83. The fourth-order valence-electron chi connectivity index (χ4n) is 5.01. The van der Waals surface area contributed by atoms with Gasteiger partial charge in [0, 0.05) is 0 Å². The molecule has 2 fully saturated rings. The van der Waals surface area contributed by atoms with E-state index in [1.54, 1.807) is 0 Å². The van der Waals surface area contributed by atoms with Gasteiger partial charge in [0.25, 0.3) is 0 Å². The first-order valence-electron chi connectivity index (χ1n) is 10.7. The number of unbranched alkanes of at least 4 members (excludes halogenated alkanes) is 3. The second kappa shape index (κ2) is 9.93. The van der Waals surface area contributed by atoms with E-state index < -0.39 is 0 Å². The molecule has 2 aliphatic rings. The summed E-state index contributed by atoms with van der Waals surface area (Å²) in [4.78, 5) is 12.1. The topological polar surface area (TPSA) is 35.5 Å². The minimum atomic E-state index is -0.0838. The summed E-state index contributed by atoms with van der Waals surface area (Å²) in [5.41, 5.74) is 0.704. The molecule has 0 aliphatic heterocycles. The van der Waals surface area contributed by atoms with Crippen LogP contribution in [-0.2, 0) is 14.3 Å². The Kier molecular flexibility index (Phi) is 9.09. The normalized spacial score (nSPS) is 28.8. The molecule has 2 bridgehead atoms. The molecule has 2 saturated carbocycles. The van der Waals surface area contributed by atoms with Gasteiger partial charge in [0.2, 0.25) is 0 Å². The second-order valence-corrected chi connectivity index (χ2v) is 10.1. The number of hydrogen-bond donors (Lipinski definition) is 0. The Morgan fingerprint density at radius 1 is 1.11 bits per heavy atom. The van der Waals surface area contributed by atoms with E-state index in [1.807, 2.05) is 0 Å². The van der Waals surface area contributed by atoms with Gasteiger partial charge >= 0.3 is 5.97 Å². The summed E-state index contributed by atoms with van der Waals surface area (Å²) < 4.78 is 12.4. The zero-order valence-electron chi connectivity index (χ0n) is 18.5. The summed E-state index contributed by atoms with van der Waals surface area (Å²) in [6.45, 7) is 12.0. The van der Waals surface area contributed by atoms with Gasteiger partial charge in [0.15, 0.2) is 6.54 Å². The van der Waals surface area contributed by atoms with Crippen LogP contribution in [0.4, 0.5) is 0 Å². The molecule has 0 radical (unpaired) electrons. The highest BCUT2D eigenvalue weighted by Crippen LogP contribution is 2.66. The third-order valence-corrected chi connectivity index (χ3v) is 7.55. The Morgan fingerprint density at radius 2 is 1.81 bits per heavy atom. The first kappa shape index (κ1) is 24.7. The summed E-state index contributed by atoms with van der Waals surface area (Å²) in [5.74, 6) is 0.724. The first-order valence-corrected chi connectivity index (χ1v) is 10.7. The Bertz CT molecular complexity index is 480. The maximum Gasteiger partial charge on any atom is 0.361 e. The van der Waals surface area contributed by atoms with Gasteiger partial charge < -0.3 is 26.4 Å². The molecule has 3 atom stereocenters. The van der Waals surface area contributed by atoms with Crippen molar-refractivity contribution >= 4 is 5.97 Å². The largest absolute Gasteiger partial charge is 1.00 e.